The van der Waals surface area contributed by atoms with Gasteiger partial charge < -0.3 is 11.1 Å². The molecule has 0 aliphatic heterocycles. The maximum atomic E-state index is 11.2. The molecule has 0 spiro atoms. The quantitative estimate of drug-likeness (QED) is 0.833. The van der Waals surface area contributed by atoms with E-state index < -0.39 is 0 Å². The van der Waals surface area contributed by atoms with Crippen LogP contribution in [0, 0.1) is 0 Å². The highest BCUT2D eigenvalue weighted by Gasteiger charge is 1.98. The lowest BCUT2D eigenvalue weighted by Crippen LogP contribution is -2.14. The van der Waals surface area contributed by atoms with E-state index in [0.29, 0.717) is 6.42 Å². The van der Waals surface area contributed by atoms with Gasteiger partial charge in [-0.15, -0.1) is 0 Å². The van der Waals surface area contributed by atoms with Crippen LogP contribution in [0.3, 0.4) is 0 Å². The largest absolute Gasteiger partial charge is 0.399 e. The molecular formula is C17H18N2O. The molecule has 0 fully saturated rings. The average Bonchev–Trinajstić information content (AvgIpc) is 2.47. The van der Waals surface area contributed by atoms with Gasteiger partial charge >= 0.3 is 0 Å². The van der Waals surface area contributed by atoms with E-state index in [1.165, 1.54) is 0 Å². The summed E-state index contributed by atoms with van der Waals surface area (Å²) in [6.07, 6.45) is 4.03. The fourth-order valence-corrected chi connectivity index (χ4v) is 1.87. The fraction of sp³-hybridized carbons (Fsp3) is 0.118. The number of anilines is 1. The predicted molar refractivity (Wildman–Crippen MR) is 83.8 cm³/mol. The van der Waals surface area contributed by atoms with Crippen molar-refractivity contribution in [1.82, 2.24) is 5.32 Å². The highest BCUT2D eigenvalue weighted by Crippen LogP contribution is 2.22. The van der Waals surface area contributed by atoms with E-state index in [4.69, 9.17) is 5.73 Å². The highest BCUT2D eigenvalue weighted by molar-refractivity contribution is 5.77. The first-order valence-corrected chi connectivity index (χ1v) is 6.61. The van der Waals surface area contributed by atoms with E-state index in [1.807, 2.05) is 55.5 Å². The third-order valence-electron chi connectivity index (χ3n) is 2.95. The minimum absolute atomic E-state index is 0.00763. The number of benzene rings is 2. The van der Waals surface area contributed by atoms with Crippen LogP contribution in [0.4, 0.5) is 5.69 Å². The standard InChI is InChI=1S/C17H18N2O/c1-2-17(20)19-10-9-13-5-3-6-14(11-13)15-7-4-8-16(18)12-15/h3-12H,2,18H2,1H3,(H,19,20). The zero-order valence-corrected chi connectivity index (χ0v) is 11.5. The Balaban J connectivity index is 2.18. The molecule has 102 valence electrons. The summed E-state index contributed by atoms with van der Waals surface area (Å²) in [6.45, 7) is 1.82. The molecule has 0 saturated heterocycles. The summed E-state index contributed by atoms with van der Waals surface area (Å²) in [5.41, 5.74) is 9.76. The van der Waals surface area contributed by atoms with Crippen LogP contribution in [-0.4, -0.2) is 5.91 Å². The van der Waals surface area contributed by atoms with Gasteiger partial charge in [-0.3, -0.25) is 4.79 Å². The second kappa shape index (κ2) is 6.57. The summed E-state index contributed by atoms with van der Waals surface area (Å²) in [7, 11) is 0. The first-order chi connectivity index (χ1) is 9.69. The summed E-state index contributed by atoms with van der Waals surface area (Å²) in [6, 6.07) is 15.9. The Bertz CT molecular complexity index is 632. The van der Waals surface area contributed by atoms with Crippen molar-refractivity contribution >= 4 is 17.7 Å². The van der Waals surface area contributed by atoms with Crippen LogP contribution in [0.5, 0.6) is 0 Å². The number of rotatable bonds is 4. The summed E-state index contributed by atoms with van der Waals surface area (Å²) in [5.74, 6) is 0.00763. The number of nitrogens with two attached hydrogens (primary N) is 1. The number of hydrogen-bond donors (Lipinski definition) is 2. The van der Waals surface area contributed by atoms with Gasteiger partial charge in [0.2, 0.25) is 5.91 Å². The van der Waals surface area contributed by atoms with Crippen LogP contribution < -0.4 is 11.1 Å². The van der Waals surface area contributed by atoms with E-state index in [9.17, 15) is 4.79 Å². The number of amides is 1. The predicted octanol–water partition coefficient (Wildman–Crippen LogP) is 3.43. The van der Waals surface area contributed by atoms with Gasteiger partial charge in [-0.25, -0.2) is 0 Å². The molecule has 2 rings (SSSR count). The van der Waals surface area contributed by atoms with E-state index in [2.05, 4.69) is 11.4 Å². The van der Waals surface area contributed by atoms with Crippen molar-refractivity contribution in [2.24, 2.45) is 0 Å². The van der Waals surface area contributed by atoms with Gasteiger partial charge in [0, 0.05) is 18.3 Å². The molecule has 2 aromatic rings. The second-order valence-electron chi connectivity index (χ2n) is 4.51. The molecule has 3 heteroatoms. The molecule has 3 N–H and O–H groups in total. The maximum absolute atomic E-state index is 11.2. The summed E-state index contributed by atoms with van der Waals surface area (Å²) in [4.78, 5) is 11.2. The number of carbonyl (C=O) groups is 1. The molecule has 0 aliphatic carbocycles. The Labute approximate surface area is 119 Å². The first kappa shape index (κ1) is 13.9. The number of nitrogens with one attached hydrogen (secondary N) is 1. The fourth-order valence-electron chi connectivity index (χ4n) is 1.87. The van der Waals surface area contributed by atoms with E-state index >= 15 is 0 Å². The lowest BCUT2D eigenvalue weighted by molar-refractivity contribution is -0.119. The van der Waals surface area contributed by atoms with Gasteiger partial charge in [-0.1, -0.05) is 37.3 Å². The van der Waals surface area contributed by atoms with Crippen LogP contribution in [0.1, 0.15) is 18.9 Å². The zero-order valence-electron chi connectivity index (χ0n) is 11.5. The molecule has 3 nitrogen and oxygen atoms in total. The Kier molecular flexibility index (Phi) is 4.56. The van der Waals surface area contributed by atoms with Gasteiger partial charge in [0.25, 0.3) is 0 Å². The molecule has 0 aromatic heterocycles. The van der Waals surface area contributed by atoms with Crippen molar-refractivity contribution in [1.29, 1.82) is 0 Å². The van der Waals surface area contributed by atoms with Crippen molar-refractivity contribution in [2.75, 3.05) is 5.73 Å². The number of hydrogen-bond acceptors (Lipinski definition) is 2. The normalized spacial score (nSPS) is 10.7. The second-order valence-corrected chi connectivity index (χ2v) is 4.51. The van der Waals surface area contributed by atoms with Crippen LogP contribution in [0.2, 0.25) is 0 Å². The van der Waals surface area contributed by atoms with Crippen molar-refractivity contribution in [3.8, 4) is 11.1 Å². The minimum Gasteiger partial charge on any atom is -0.399 e. The van der Waals surface area contributed by atoms with E-state index in [-0.39, 0.29) is 5.91 Å². The number of carbonyl (C=O) groups excluding carboxylic acids is 1. The lowest BCUT2D eigenvalue weighted by atomic mass is 10.0. The zero-order chi connectivity index (χ0) is 14.4. The van der Waals surface area contributed by atoms with E-state index in [1.54, 1.807) is 6.20 Å². The van der Waals surface area contributed by atoms with Gasteiger partial charge in [-0.2, -0.15) is 0 Å². The molecular weight excluding hydrogens is 248 g/mol. The Morgan fingerprint density at radius 1 is 1.15 bits per heavy atom. The first-order valence-electron chi connectivity index (χ1n) is 6.61. The molecule has 1 amide bonds. The van der Waals surface area contributed by atoms with Gasteiger partial charge in [0.1, 0.15) is 0 Å². The molecule has 0 radical (unpaired) electrons. The molecule has 0 unspecified atom stereocenters. The van der Waals surface area contributed by atoms with Crippen molar-refractivity contribution in [3.63, 3.8) is 0 Å². The Morgan fingerprint density at radius 3 is 2.55 bits per heavy atom. The summed E-state index contributed by atoms with van der Waals surface area (Å²) >= 11 is 0. The lowest BCUT2D eigenvalue weighted by Gasteiger charge is -2.04. The molecule has 0 aliphatic rings. The van der Waals surface area contributed by atoms with Crippen LogP contribution in [0.25, 0.3) is 17.2 Å². The minimum atomic E-state index is 0.00763. The number of nitrogen functional groups attached to an aromatic ring is 1. The molecule has 0 atom stereocenters. The van der Waals surface area contributed by atoms with Crippen LogP contribution in [0.15, 0.2) is 54.7 Å². The third-order valence-corrected chi connectivity index (χ3v) is 2.95. The van der Waals surface area contributed by atoms with Gasteiger partial charge in [-0.05, 0) is 41.0 Å². The molecule has 0 saturated carbocycles. The highest BCUT2D eigenvalue weighted by atomic mass is 16.1. The van der Waals surface area contributed by atoms with Crippen LogP contribution in [-0.2, 0) is 4.79 Å². The van der Waals surface area contributed by atoms with Crippen molar-refractivity contribution < 1.29 is 4.79 Å². The van der Waals surface area contributed by atoms with E-state index in [0.717, 1.165) is 22.4 Å². The molecule has 2 aromatic carbocycles. The smallest absolute Gasteiger partial charge is 0.223 e. The molecule has 0 heterocycles. The molecule has 20 heavy (non-hydrogen) atoms. The average molecular weight is 266 g/mol. The molecule has 0 bridgehead atoms. The van der Waals surface area contributed by atoms with Gasteiger partial charge in [0.05, 0.1) is 0 Å². The van der Waals surface area contributed by atoms with Crippen molar-refractivity contribution in [3.05, 3.63) is 60.3 Å². The van der Waals surface area contributed by atoms with Gasteiger partial charge in [0.15, 0.2) is 0 Å². The topological polar surface area (TPSA) is 55.1 Å². The van der Waals surface area contributed by atoms with Crippen LogP contribution >= 0.6 is 0 Å². The monoisotopic (exact) mass is 266 g/mol. The summed E-state index contributed by atoms with van der Waals surface area (Å²) < 4.78 is 0. The third kappa shape index (κ3) is 3.72. The SMILES string of the molecule is CCC(=O)NC=Cc1cccc(-c2cccc(N)c2)c1. The summed E-state index contributed by atoms with van der Waals surface area (Å²) in [5, 5.41) is 2.71. The Morgan fingerprint density at radius 2 is 1.85 bits per heavy atom. The maximum Gasteiger partial charge on any atom is 0.223 e. The Hall–Kier alpha value is -2.55. The van der Waals surface area contributed by atoms with Crippen molar-refractivity contribution in [2.45, 2.75) is 13.3 Å².